The van der Waals surface area contributed by atoms with Crippen LogP contribution in [0.3, 0.4) is 0 Å². The number of aliphatic hydroxyl groups excluding tert-OH is 1. The Morgan fingerprint density at radius 3 is 2.64 bits per heavy atom. The Morgan fingerprint density at radius 1 is 1.21 bits per heavy atom. The molecule has 0 radical (unpaired) electrons. The Balaban J connectivity index is 1.69. The van der Waals surface area contributed by atoms with Crippen LogP contribution in [0, 0.1) is 19.7 Å². The molecule has 1 N–H and O–H groups in total. The summed E-state index contributed by atoms with van der Waals surface area (Å²) in [5.41, 5.74) is 3.22. The third kappa shape index (κ3) is 5.55. The summed E-state index contributed by atoms with van der Waals surface area (Å²) in [6, 6.07) is 12.4. The second-order valence-electron chi connectivity index (χ2n) is 7.57. The number of esters is 1. The molecule has 1 heterocycles. The van der Waals surface area contributed by atoms with Crippen molar-refractivity contribution >= 4 is 5.97 Å². The molecule has 0 saturated carbocycles. The summed E-state index contributed by atoms with van der Waals surface area (Å²) < 4.78 is 24.8. The monoisotopic (exact) mass is 386 g/mol. The number of rotatable bonds is 7. The zero-order chi connectivity index (χ0) is 20.1. The number of halogens is 1. The van der Waals surface area contributed by atoms with Gasteiger partial charge in [0.2, 0.25) is 0 Å². The van der Waals surface area contributed by atoms with Gasteiger partial charge in [-0.05, 0) is 62.4 Å². The molecule has 2 aromatic carbocycles. The third-order valence-electron chi connectivity index (χ3n) is 5.08. The number of carbonyl (C=O) groups is 1. The van der Waals surface area contributed by atoms with Crippen LogP contribution in [0.2, 0.25) is 0 Å². The molecule has 3 rings (SSSR count). The van der Waals surface area contributed by atoms with Crippen molar-refractivity contribution in [1.82, 2.24) is 0 Å². The number of aliphatic hydroxyl groups is 1. The molecule has 150 valence electrons. The molecule has 3 unspecified atom stereocenters. The molecular formula is C23H27FO4. The molecule has 0 aliphatic carbocycles. The van der Waals surface area contributed by atoms with Gasteiger partial charge in [-0.15, -0.1) is 0 Å². The van der Waals surface area contributed by atoms with Gasteiger partial charge < -0.3 is 14.6 Å². The summed E-state index contributed by atoms with van der Waals surface area (Å²) in [5.74, 6) is 0.118. The molecule has 1 aliphatic heterocycles. The molecular weight excluding hydrogens is 359 g/mol. The van der Waals surface area contributed by atoms with Crippen LogP contribution < -0.4 is 4.74 Å². The van der Waals surface area contributed by atoms with E-state index in [2.05, 4.69) is 0 Å². The van der Waals surface area contributed by atoms with Gasteiger partial charge in [-0.25, -0.2) is 4.39 Å². The van der Waals surface area contributed by atoms with Gasteiger partial charge in [0.05, 0.1) is 12.5 Å². The summed E-state index contributed by atoms with van der Waals surface area (Å²) in [5, 5.41) is 9.99. The first-order valence-electron chi connectivity index (χ1n) is 9.76. The van der Waals surface area contributed by atoms with Crippen molar-refractivity contribution in [2.75, 3.05) is 0 Å². The summed E-state index contributed by atoms with van der Waals surface area (Å²) >= 11 is 0. The summed E-state index contributed by atoms with van der Waals surface area (Å²) in [4.78, 5) is 11.8. The highest BCUT2D eigenvalue weighted by Crippen LogP contribution is 2.27. The highest BCUT2D eigenvalue weighted by Gasteiger charge is 2.34. The van der Waals surface area contributed by atoms with E-state index in [4.69, 9.17) is 9.47 Å². The second kappa shape index (κ2) is 9.20. The number of benzene rings is 2. The van der Waals surface area contributed by atoms with E-state index in [1.807, 2.05) is 32.0 Å². The molecule has 3 atom stereocenters. The van der Waals surface area contributed by atoms with Crippen molar-refractivity contribution in [3.63, 3.8) is 0 Å². The molecule has 28 heavy (non-hydrogen) atoms. The average Bonchev–Trinajstić information content (AvgIpc) is 2.63. The fourth-order valence-electron chi connectivity index (χ4n) is 3.61. The molecule has 1 fully saturated rings. The number of carbonyl (C=O) groups excluding carboxylic acids is 1. The molecule has 0 spiro atoms. The van der Waals surface area contributed by atoms with E-state index in [-0.39, 0.29) is 18.3 Å². The second-order valence-corrected chi connectivity index (χ2v) is 7.57. The van der Waals surface area contributed by atoms with Crippen LogP contribution >= 0.6 is 0 Å². The van der Waals surface area contributed by atoms with Crippen LogP contribution in [-0.2, 0) is 16.0 Å². The molecule has 1 aliphatic rings. The zero-order valence-corrected chi connectivity index (χ0v) is 16.4. The smallest absolute Gasteiger partial charge is 0.308 e. The maximum absolute atomic E-state index is 13.1. The number of aryl methyl sites for hydroxylation is 3. The van der Waals surface area contributed by atoms with Gasteiger partial charge in [0.25, 0.3) is 0 Å². The minimum atomic E-state index is -0.700. The van der Waals surface area contributed by atoms with E-state index in [0.29, 0.717) is 12.8 Å². The largest absolute Gasteiger partial charge is 0.486 e. The quantitative estimate of drug-likeness (QED) is 0.722. The summed E-state index contributed by atoms with van der Waals surface area (Å²) in [6.45, 7) is 4.01. The van der Waals surface area contributed by atoms with Crippen molar-refractivity contribution in [2.45, 2.75) is 64.3 Å². The van der Waals surface area contributed by atoms with Crippen LogP contribution in [0.4, 0.5) is 4.39 Å². The van der Waals surface area contributed by atoms with Gasteiger partial charge in [-0.3, -0.25) is 4.79 Å². The number of ether oxygens (including phenoxy) is 2. The number of cyclic esters (lactones) is 1. The first-order chi connectivity index (χ1) is 13.4. The lowest BCUT2D eigenvalue weighted by Gasteiger charge is -2.33. The van der Waals surface area contributed by atoms with E-state index >= 15 is 0 Å². The highest BCUT2D eigenvalue weighted by molar-refractivity contribution is 5.71. The Hall–Kier alpha value is -2.40. The number of hydrogen-bond acceptors (Lipinski definition) is 4. The molecule has 2 aromatic rings. The molecule has 0 bridgehead atoms. The normalized spacial score (nSPS) is 20.5. The lowest BCUT2D eigenvalue weighted by atomic mass is 9.96. The van der Waals surface area contributed by atoms with Crippen LogP contribution in [0.25, 0.3) is 0 Å². The van der Waals surface area contributed by atoms with E-state index in [9.17, 15) is 14.3 Å². The Bertz CT molecular complexity index is 803. The molecule has 4 nitrogen and oxygen atoms in total. The minimum absolute atomic E-state index is 0.0301. The standard InChI is InChI=1S/C23H27FO4/c1-15-6-11-20(16(2)12-15)27-21(22-13-19(25)14-23(26)28-22)5-3-4-17-7-9-18(24)10-8-17/h6-12,19,21-22,25H,3-5,13-14H2,1-2H3. The molecule has 5 heteroatoms. The van der Waals surface area contributed by atoms with Gasteiger partial charge in [0, 0.05) is 6.42 Å². The maximum Gasteiger partial charge on any atom is 0.308 e. The Labute approximate surface area is 165 Å². The van der Waals surface area contributed by atoms with Crippen molar-refractivity contribution in [3.8, 4) is 5.75 Å². The fourth-order valence-corrected chi connectivity index (χ4v) is 3.61. The Morgan fingerprint density at radius 2 is 1.96 bits per heavy atom. The Kier molecular flexibility index (Phi) is 6.68. The molecule has 0 aromatic heterocycles. The van der Waals surface area contributed by atoms with Gasteiger partial charge in [0.15, 0.2) is 0 Å². The lowest BCUT2D eigenvalue weighted by molar-refractivity contribution is -0.167. The molecule has 0 amide bonds. The van der Waals surface area contributed by atoms with Gasteiger partial charge in [0.1, 0.15) is 23.8 Å². The lowest BCUT2D eigenvalue weighted by Crippen LogP contribution is -2.43. The van der Waals surface area contributed by atoms with Crippen molar-refractivity contribution in [3.05, 3.63) is 65.0 Å². The predicted molar refractivity (Wildman–Crippen MR) is 105 cm³/mol. The maximum atomic E-state index is 13.1. The van der Waals surface area contributed by atoms with E-state index in [1.54, 1.807) is 12.1 Å². The van der Waals surface area contributed by atoms with E-state index < -0.39 is 18.2 Å². The van der Waals surface area contributed by atoms with E-state index in [1.165, 1.54) is 12.1 Å². The first kappa shape index (κ1) is 20.3. The van der Waals surface area contributed by atoms with Crippen LogP contribution in [-0.4, -0.2) is 29.4 Å². The van der Waals surface area contributed by atoms with E-state index in [0.717, 1.165) is 35.3 Å². The van der Waals surface area contributed by atoms with Gasteiger partial charge in [-0.2, -0.15) is 0 Å². The average molecular weight is 386 g/mol. The third-order valence-corrected chi connectivity index (χ3v) is 5.08. The predicted octanol–water partition coefficient (Wildman–Crippen LogP) is 4.28. The SMILES string of the molecule is Cc1ccc(OC(CCCc2ccc(F)cc2)C2CC(O)CC(=O)O2)c(C)c1. The summed E-state index contributed by atoms with van der Waals surface area (Å²) in [6.07, 6.45) is 1.11. The fraction of sp³-hybridized carbons (Fsp3) is 0.435. The van der Waals surface area contributed by atoms with Gasteiger partial charge in [-0.1, -0.05) is 29.8 Å². The van der Waals surface area contributed by atoms with Crippen molar-refractivity contribution < 1.29 is 23.8 Å². The van der Waals surface area contributed by atoms with Crippen LogP contribution in [0.15, 0.2) is 42.5 Å². The topological polar surface area (TPSA) is 55.8 Å². The summed E-state index contributed by atoms with van der Waals surface area (Å²) in [7, 11) is 0. The van der Waals surface area contributed by atoms with Crippen molar-refractivity contribution in [2.24, 2.45) is 0 Å². The molecule has 1 saturated heterocycles. The minimum Gasteiger partial charge on any atom is -0.486 e. The highest BCUT2D eigenvalue weighted by atomic mass is 19.1. The number of hydrogen-bond donors (Lipinski definition) is 1. The van der Waals surface area contributed by atoms with Crippen LogP contribution in [0.1, 0.15) is 42.4 Å². The van der Waals surface area contributed by atoms with Crippen molar-refractivity contribution in [1.29, 1.82) is 0 Å². The zero-order valence-electron chi connectivity index (χ0n) is 16.4. The first-order valence-corrected chi connectivity index (χ1v) is 9.76. The van der Waals surface area contributed by atoms with Crippen LogP contribution in [0.5, 0.6) is 5.75 Å². The van der Waals surface area contributed by atoms with Gasteiger partial charge >= 0.3 is 5.97 Å².